The fraction of sp³-hybridized carbons (Fsp3) is 0.300. The minimum absolute atomic E-state index is 0.205. The highest BCUT2D eigenvalue weighted by Gasteiger charge is 2.10. The number of methoxy groups -OCH3 is 1. The Hall–Kier alpha value is -2.18. The number of hydrogen-bond acceptors (Lipinski definition) is 5. The standard InChI is InChI=1S/C20H23ClN2O3S/c1-4-26-17-8-6-7-14(20(17)25-3)13-22-23-19(24)12-15-11-16(21)9-10-18(15)27-5-2/h6-11,13H,4-5,12H2,1-3H3,(H,23,24)/b22-13-. The lowest BCUT2D eigenvalue weighted by atomic mass is 10.1. The van der Waals surface area contributed by atoms with E-state index in [9.17, 15) is 4.79 Å². The van der Waals surface area contributed by atoms with E-state index in [0.29, 0.717) is 28.7 Å². The van der Waals surface area contributed by atoms with Crippen molar-refractivity contribution in [2.45, 2.75) is 25.2 Å². The number of thioether (sulfide) groups is 1. The number of hydrazone groups is 1. The van der Waals surface area contributed by atoms with Gasteiger partial charge in [-0.25, -0.2) is 5.43 Å². The van der Waals surface area contributed by atoms with Crippen LogP contribution in [0.15, 0.2) is 46.4 Å². The van der Waals surface area contributed by atoms with Crippen LogP contribution in [0.5, 0.6) is 11.5 Å². The fourth-order valence-corrected chi connectivity index (χ4v) is 3.48. The second-order valence-electron chi connectivity index (χ2n) is 5.47. The molecule has 0 unspecified atom stereocenters. The van der Waals surface area contributed by atoms with Gasteiger partial charge in [0.2, 0.25) is 5.91 Å². The lowest BCUT2D eigenvalue weighted by Gasteiger charge is -2.11. The van der Waals surface area contributed by atoms with E-state index in [2.05, 4.69) is 17.5 Å². The van der Waals surface area contributed by atoms with Crippen molar-refractivity contribution in [2.75, 3.05) is 19.5 Å². The molecule has 1 amide bonds. The normalized spacial score (nSPS) is 10.8. The molecule has 0 heterocycles. The average Bonchev–Trinajstić information content (AvgIpc) is 2.64. The van der Waals surface area contributed by atoms with Crippen molar-refractivity contribution in [3.05, 3.63) is 52.5 Å². The number of carbonyl (C=O) groups excluding carboxylic acids is 1. The van der Waals surface area contributed by atoms with Crippen LogP contribution in [0.25, 0.3) is 0 Å². The second-order valence-corrected chi connectivity index (χ2v) is 7.21. The zero-order valence-corrected chi connectivity index (χ0v) is 17.2. The Labute approximate surface area is 169 Å². The third-order valence-electron chi connectivity index (χ3n) is 3.58. The highest BCUT2D eigenvalue weighted by atomic mass is 35.5. The molecule has 0 aliphatic heterocycles. The van der Waals surface area contributed by atoms with E-state index >= 15 is 0 Å². The molecular weight excluding hydrogens is 384 g/mol. The Balaban J connectivity index is 2.06. The number of halogens is 1. The minimum atomic E-state index is -0.216. The van der Waals surface area contributed by atoms with Crippen molar-refractivity contribution in [1.29, 1.82) is 0 Å². The predicted octanol–water partition coefficient (Wildman–Crippen LogP) is 4.55. The molecule has 0 saturated carbocycles. The Morgan fingerprint density at radius 2 is 2.11 bits per heavy atom. The van der Waals surface area contributed by atoms with Gasteiger partial charge in [-0.3, -0.25) is 4.79 Å². The van der Waals surface area contributed by atoms with Crippen LogP contribution in [0.4, 0.5) is 0 Å². The summed E-state index contributed by atoms with van der Waals surface area (Å²) in [5, 5.41) is 4.66. The summed E-state index contributed by atoms with van der Waals surface area (Å²) in [5.74, 6) is 1.92. The third-order valence-corrected chi connectivity index (χ3v) is 4.81. The summed E-state index contributed by atoms with van der Waals surface area (Å²) < 4.78 is 10.9. The van der Waals surface area contributed by atoms with Gasteiger partial charge in [0, 0.05) is 15.5 Å². The van der Waals surface area contributed by atoms with Crippen LogP contribution in [0.2, 0.25) is 5.02 Å². The number of nitrogens with zero attached hydrogens (tertiary/aromatic N) is 1. The topological polar surface area (TPSA) is 59.9 Å². The van der Waals surface area contributed by atoms with Crippen molar-refractivity contribution >= 4 is 35.5 Å². The maximum atomic E-state index is 12.3. The molecule has 0 saturated heterocycles. The van der Waals surface area contributed by atoms with Crippen LogP contribution >= 0.6 is 23.4 Å². The van der Waals surface area contributed by atoms with Crippen LogP contribution < -0.4 is 14.9 Å². The van der Waals surface area contributed by atoms with Crippen LogP contribution in [-0.2, 0) is 11.2 Å². The minimum Gasteiger partial charge on any atom is -0.492 e. The van der Waals surface area contributed by atoms with Gasteiger partial charge in [0.05, 0.1) is 26.4 Å². The Kier molecular flexibility index (Phi) is 8.48. The van der Waals surface area contributed by atoms with E-state index < -0.39 is 0 Å². The van der Waals surface area contributed by atoms with Crippen molar-refractivity contribution in [1.82, 2.24) is 5.43 Å². The summed E-state index contributed by atoms with van der Waals surface area (Å²) in [6.07, 6.45) is 1.75. The van der Waals surface area contributed by atoms with Crippen molar-refractivity contribution in [3.63, 3.8) is 0 Å². The van der Waals surface area contributed by atoms with E-state index in [1.54, 1.807) is 25.1 Å². The van der Waals surface area contributed by atoms with Crippen LogP contribution in [0.3, 0.4) is 0 Å². The fourth-order valence-electron chi connectivity index (χ4n) is 2.49. The number of nitrogens with one attached hydrogen (secondary N) is 1. The zero-order chi connectivity index (χ0) is 19.6. The van der Waals surface area contributed by atoms with Crippen LogP contribution in [0, 0.1) is 0 Å². The number of amides is 1. The monoisotopic (exact) mass is 406 g/mol. The molecule has 0 atom stereocenters. The molecule has 144 valence electrons. The highest BCUT2D eigenvalue weighted by Crippen LogP contribution is 2.30. The molecule has 2 aromatic carbocycles. The van der Waals surface area contributed by atoms with Crippen molar-refractivity contribution in [3.8, 4) is 11.5 Å². The number of hydrogen-bond donors (Lipinski definition) is 1. The summed E-state index contributed by atoms with van der Waals surface area (Å²) in [6, 6.07) is 11.1. The molecule has 5 nitrogen and oxygen atoms in total. The van der Waals surface area contributed by atoms with Gasteiger partial charge in [-0.2, -0.15) is 5.10 Å². The molecule has 0 aromatic heterocycles. The maximum Gasteiger partial charge on any atom is 0.244 e. The highest BCUT2D eigenvalue weighted by molar-refractivity contribution is 7.99. The number of carbonyl (C=O) groups is 1. The molecule has 2 rings (SSSR count). The first-order valence-corrected chi connectivity index (χ1v) is 9.98. The quantitative estimate of drug-likeness (QED) is 0.377. The number of benzene rings is 2. The predicted molar refractivity (Wildman–Crippen MR) is 111 cm³/mol. The van der Waals surface area contributed by atoms with Crippen LogP contribution in [-0.4, -0.2) is 31.6 Å². The molecule has 27 heavy (non-hydrogen) atoms. The number of rotatable bonds is 9. The zero-order valence-electron chi connectivity index (χ0n) is 15.6. The molecule has 0 bridgehead atoms. The van der Waals surface area contributed by atoms with E-state index in [4.69, 9.17) is 21.1 Å². The van der Waals surface area contributed by atoms with Gasteiger partial charge in [0.15, 0.2) is 11.5 Å². The average molecular weight is 407 g/mol. The van der Waals surface area contributed by atoms with Gasteiger partial charge >= 0.3 is 0 Å². The summed E-state index contributed by atoms with van der Waals surface area (Å²) in [5.41, 5.74) is 4.16. The summed E-state index contributed by atoms with van der Waals surface area (Å²) in [7, 11) is 1.57. The third kappa shape index (κ3) is 6.19. The van der Waals surface area contributed by atoms with Gasteiger partial charge in [-0.15, -0.1) is 11.8 Å². The SMILES string of the molecule is CCOc1cccc(/C=N\NC(=O)Cc2cc(Cl)ccc2SCC)c1OC. The molecular formula is C20H23ClN2O3S. The van der Waals surface area contributed by atoms with E-state index in [1.165, 1.54) is 0 Å². The van der Waals surface area contributed by atoms with Crippen molar-refractivity contribution in [2.24, 2.45) is 5.10 Å². The second kappa shape index (κ2) is 10.8. The molecule has 0 spiro atoms. The molecule has 2 aromatic rings. The van der Waals surface area contributed by atoms with Gasteiger partial charge in [0.1, 0.15) is 0 Å². The van der Waals surface area contributed by atoms with E-state index in [-0.39, 0.29) is 12.3 Å². The summed E-state index contributed by atoms with van der Waals surface area (Å²) >= 11 is 7.74. The van der Waals surface area contributed by atoms with E-state index in [0.717, 1.165) is 16.2 Å². The molecule has 0 fully saturated rings. The summed E-state index contributed by atoms with van der Waals surface area (Å²) in [6.45, 7) is 4.50. The van der Waals surface area contributed by atoms with Crippen LogP contribution in [0.1, 0.15) is 25.0 Å². The van der Waals surface area contributed by atoms with Gasteiger partial charge < -0.3 is 9.47 Å². The van der Waals surface area contributed by atoms with Gasteiger partial charge in [-0.05, 0) is 48.6 Å². The molecule has 7 heteroatoms. The molecule has 0 aliphatic rings. The molecule has 1 N–H and O–H groups in total. The number of ether oxygens (including phenoxy) is 2. The van der Waals surface area contributed by atoms with Crippen molar-refractivity contribution < 1.29 is 14.3 Å². The lowest BCUT2D eigenvalue weighted by molar-refractivity contribution is -0.120. The molecule has 0 aliphatic carbocycles. The van der Waals surface area contributed by atoms with Gasteiger partial charge in [-0.1, -0.05) is 24.6 Å². The largest absolute Gasteiger partial charge is 0.492 e. The lowest BCUT2D eigenvalue weighted by Crippen LogP contribution is -2.20. The van der Waals surface area contributed by atoms with E-state index in [1.807, 2.05) is 43.3 Å². The Morgan fingerprint density at radius 1 is 1.30 bits per heavy atom. The Morgan fingerprint density at radius 3 is 2.81 bits per heavy atom. The Bertz CT molecular complexity index is 812. The first kappa shape index (κ1) is 21.1. The first-order valence-electron chi connectivity index (χ1n) is 8.61. The maximum absolute atomic E-state index is 12.3. The van der Waals surface area contributed by atoms with Gasteiger partial charge in [0.25, 0.3) is 0 Å². The smallest absolute Gasteiger partial charge is 0.244 e. The molecule has 0 radical (unpaired) electrons. The number of para-hydroxylation sites is 1. The summed E-state index contributed by atoms with van der Waals surface area (Å²) in [4.78, 5) is 13.3. The first-order chi connectivity index (χ1) is 13.1.